The minimum Gasteiger partial charge on any atom is -0.288 e. The molecule has 82 valence electrons. The quantitative estimate of drug-likeness (QED) is 0.760. The summed E-state index contributed by atoms with van der Waals surface area (Å²) in [6, 6.07) is 6.32. The summed E-state index contributed by atoms with van der Waals surface area (Å²) in [4.78, 5) is 12.6. The van der Waals surface area contributed by atoms with Crippen LogP contribution in [0.3, 0.4) is 0 Å². The molecule has 1 aromatic carbocycles. The van der Waals surface area contributed by atoms with Gasteiger partial charge in [-0.1, -0.05) is 15.9 Å². The van der Waals surface area contributed by atoms with Crippen LogP contribution < -0.4 is 0 Å². The highest BCUT2D eigenvalue weighted by Gasteiger charge is 2.16. The molecule has 16 heavy (non-hydrogen) atoms. The van der Waals surface area contributed by atoms with E-state index in [0.29, 0.717) is 9.35 Å². The maximum absolute atomic E-state index is 13.6. The van der Waals surface area contributed by atoms with Gasteiger partial charge in [0.2, 0.25) is 5.78 Å². The molecule has 0 aliphatic carbocycles. The van der Waals surface area contributed by atoms with Crippen LogP contribution in [0.4, 0.5) is 4.39 Å². The topological polar surface area (TPSA) is 17.1 Å². The van der Waals surface area contributed by atoms with Gasteiger partial charge in [-0.2, -0.15) is 0 Å². The molecule has 2 rings (SSSR count). The van der Waals surface area contributed by atoms with Gasteiger partial charge in [0.05, 0.1) is 10.4 Å². The number of benzene rings is 1. The Morgan fingerprint density at radius 1 is 1.38 bits per heavy atom. The molecule has 2 aromatic rings. The Balaban J connectivity index is 2.46. The first-order valence-electron chi connectivity index (χ1n) is 4.63. The van der Waals surface area contributed by atoms with E-state index < -0.39 is 5.82 Å². The van der Waals surface area contributed by atoms with Crippen molar-refractivity contribution >= 4 is 33.0 Å². The van der Waals surface area contributed by atoms with E-state index >= 15 is 0 Å². The molecule has 1 heterocycles. The predicted molar refractivity (Wildman–Crippen MR) is 66.6 cm³/mol. The van der Waals surface area contributed by atoms with Crippen molar-refractivity contribution in [3.63, 3.8) is 0 Å². The fourth-order valence-electron chi connectivity index (χ4n) is 1.40. The van der Waals surface area contributed by atoms with Gasteiger partial charge < -0.3 is 0 Å². The number of halogens is 2. The van der Waals surface area contributed by atoms with E-state index in [1.807, 2.05) is 18.4 Å². The minimum atomic E-state index is -0.493. The predicted octanol–water partition coefficient (Wildman–Crippen LogP) is 4.19. The molecule has 0 saturated heterocycles. The normalized spacial score (nSPS) is 10.4. The monoisotopic (exact) mass is 298 g/mol. The molecule has 0 saturated carbocycles. The average Bonchev–Trinajstić information content (AvgIpc) is 2.63. The molecule has 0 amide bonds. The fourth-order valence-corrected chi connectivity index (χ4v) is 2.61. The molecule has 0 aliphatic rings. The van der Waals surface area contributed by atoms with Crippen molar-refractivity contribution in [3.05, 3.63) is 55.9 Å². The molecule has 0 radical (unpaired) electrons. The number of aryl methyl sites for hydroxylation is 1. The molecule has 0 atom stereocenters. The molecule has 1 aromatic heterocycles. The van der Waals surface area contributed by atoms with Crippen molar-refractivity contribution in [3.8, 4) is 0 Å². The number of ketones is 1. The maximum atomic E-state index is 13.6. The molecule has 0 bridgehead atoms. The second kappa shape index (κ2) is 4.47. The van der Waals surface area contributed by atoms with Gasteiger partial charge in [-0.05, 0) is 42.1 Å². The summed E-state index contributed by atoms with van der Waals surface area (Å²) in [5.74, 6) is -0.746. The van der Waals surface area contributed by atoms with Gasteiger partial charge in [0, 0.05) is 4.47 Å². The summed E-state index contributed by atoms with van der Waals surface area (Å²) in [6.45, 7) is 1.85. The van der Waals surface area contributed by atoms with Gasteiger partial charge in [-0.3, -0.25) is 4.79 Å². The summed E-state index contributed by atoms with van der Waals surface area (Å²) in [5, 5.41) is 1.83. The lowest BCUT2D eigenvalue weighted by atomic mass is 10.1. The van der Waals surface area contributed by atoms with E-state index in [2.05, 4.69) is 15.9 Å². The van der Waals surface area contributed by atoms with E-state index in [0.717, 1.165) is 5.56 Å². The summed E-state index contributed by atoms with van der Waals surface area (Å²) in [6.07, 6.45) is 0. The van der Waals surface area contributed by atoms with Crippen molar-refractivity contribution < 1.29 is 9.18 Å². The molecule has 0 fully saturated rings. The first-order chi connectivity index (χ1) is 7.59. The second-order valence-corrected chi connectivity index (χ2v) is 5.22. The maximum Gasteiger partial charge on any atom is 0.206 e. The standard InChI is InChI=1S/C12H8BrFOS/c1-7-4-5-16-12(7)11(15)9-3-2-8(13)6-10(9)14/h2-6H,1H3. The van der Waals surface area contributed by atoms with Gasteiger partial charge in [-0.15, -0.1) is 11.3 Å². The minimum absolute atomic E-state index is 0.119. The van der Waals surface area contributed by atoms with Crippen molar-refractivity contribution in [2.24, 2.45) is 0 Å². The van der Waals surface area contributed by atoms with Crippen LogP contribution in [0.2, 0.25) is 0 Å². The van der Waals surface area contributed by atoms with E-state index in [1.165, 1.54) is 23.5 Å². The molecule has 0 unspecified atom stereocenters. The van der Waals surface area contributed by atoms with Crippen LogP contribution in [0, 0.1) is 12.7 Å². The Morgan fingerprint density at radius 3 is 2.69 bits per heavy atom. The van der Waals surface area contributed by atoms with Crippen LogP contribution >= 0.6 is 27.3 Å². The van der Waals surface area contributed by atoms with Crippen LogP contribution in [0.5, 0.6) is 0 Å². The Hall–Kier alpha value is -1.00. The summed E-state index contributed by atoms with van der Waals surface area (Å²) in [5.41, 5.74) is 1.01. The van der Waals surface area contributed by atoms with Crippen LogP contribution in [-0.4, -0.2) is 5.78 Å². The van der Waals surface area contributed by atoms with Crippen molar-refractivity contribution in [2.45, 2.75) is 6.92 Å². The number of hydrogen-bond acceptors (Lipinski definition) is 2. The van der Waals surface area contributed by atoms with Crippen LogP contribution in [0.15, 0.2) is 34.1 Å². The van der Waals surface area contributed by atoms with E-state index in [9.17, 15) is 9.18 Å². The number of hydrogen-bond donors (Lipinski definition) is 0. The van der Waals surface area contributed by atoms with Gasteiger partial charge in [0.25, 0.3) is 0 Å². The molecular weight excluding hydrogens is 291 g/mol. The largest absolute Gasteiger partial charge is 0.288 e. The molecule has 1 nitrogen and oxygen atoms in total. The van der Waals surface area contributed by atoms with Crippen LogP contribution in [0.1, 0.15) is 20.8 Å². The summed E-state index contributed by atoms with van der Waals surface area (Å²) < 4.78 is 14.2. The molecule has 0 spiro atoms. The van der Waals surface area contributed by atoms with E-state index in [1.54, 1.807) is 6.07 Å². The SMILES string of the molecule is Cc1ccsc1C(=O)c1ccc(Br)cc1F. The van der Waals surface area contributed by atoms with Crippen LogP contribution in [-0.2, 0) is 0 Å². The van der Waals surface area contributed by atoms with Gasteiger partial charge >= 0.3 is 0 Å². The van der Waals surface area contributed by atoms with E-state index in [4.69, 9.17) is 0 Å². The lowest BCUT2D eigenvalue weighted by Gasteiger charge is -2.02. The Morgan fingerprint density at radius 2 is 2.12 bits per heavy atom. The number of carbonyl (C=O) groups is 1. The summed E-state index contributed by atoms with van der Waals surface area (Å²) in [7, 11) is 0. The Bertz CT molecular complexity index is 548. The van der Waals surface area contributed by atoms with Gasteiger partial charge in [0.1, 0.15) is 5.82 Å². The Labute approximate surface area is 105 Å². The van der Waals surface area contributed by atoms with Crippen molar-refractivity contribution in [1.82, 2.24) is 0 Å². The summed E-state index contributed by atoms with van der Waals surface area (Å²) >= 11 is 4.50. The number of thiophene rings is 1. The third kappa shape index (κ3) is 2.08. The third-order valence-electron chi connectivity index (χ3n) is 2.24. The lowest BCUT2D eigenvalue weighted by molar-refractivity contribution is 0.103. The average molecular weight is 299 g/mol. The highest BCUT2D eigenvalue weighted by molar-refractivity contribution is 9.10. The molecular formula is C12H8BrFOS. The lowest BCUT2D eigenvalue weighted by Crippen LogP contribution is -2.03. The number of rotatable bonds is 2. The fraction of sp³-hybridized carbons (Fsp3) is 0.0833. The molecule has 4 heteroatoms. The van der Waals surface area contributed by atoms with Crippen LogP contribution in [0.25, 0.3) is 0 Å². The highest BCUT2D eigenvalue weighted by Crippen LogP contribution is 2.23. The van der Waals surface area contributed by atoms with E-state index in [-0.39, 0.29) is 11.3 Å². The first-order valence-corrected chi connectivity index (χ1v) is 6.30. The van der Waals surface area contributed by atoms with Crippen molar-refractivity contribution in [2.75, 3.05) is 0 Å². The molecule has 0 aliphatic heterocycles. The van der Waals surface area contributed by atoms with Gasteiger partial charge in [0.15, 0.2) is 0 Å². The highest BCUT2D eigenvalue weighted by atomic mass is 79.9. The Kier molecular flexibility index (Phi) is 3.21. The smallest absolute Gasteiger partial charge is 0.206 e. The second-order valence-electron chi connectivity index (χ2n) is 3.39. The molecule has 0 N–H and O–H groups in total. The zero-order valence-electron chi connectivity index (χ0n) is 8.46. The van der Waals surface area contributed by atoms with Crippen molar-refractivity contribution in [1.29, 1.82) is 0 Å². The zero-order valence-corrected chi connectivity index (χ0v) is 10.9. The zero-order chi connectivity index (χ0) is 11.7. The van der Waals surface area contributed by atoms with Gasteiger partial charge in [-0.25, -0.2) is 4.39 Å². The third-order valence-corrected chi connectivity index (χ3v) is 3.75. The number of carbonyl (C=O) groups excluding carboxylic acids is 1. The first kappa shape index (κ1) is 11.5.